The quantitative estimate of drug-likeness (QED) is 0.533. The van der Waals surface area contributed by atoms with Crippen molar-refractivity contribution in [3.8, 4) is 0 Å². The van der Waals surface area contributed by atoms with E-state index in [0.717, 1.165) is 6.42 Å². The number of carbonyl (C=O) groups excluding carboxylic acids is 2. The maximum atomic E-state index is 9.93. The van der Waals surface area contributed by atoms with Crippen molar-refractivity contribution in [1.29, 1.82) is 0 Å². The number of hydrogen-bond acceptors (Lipinski definition) is 3. The highest BCUT2D eigenvalue weighted by Gasteiger charge is 2.05. The highest BCUT2D eigenvalue weighted by atomic mass is 16.4. The van der Waals surface area contributed by atoms with Crippen LogP contribution >= 0.6 is 0 Å². The van der Waals surface area contributed by atoms with E-state index in [4.69, 9.17) is 5.11 Å². The van der Waals surface area contributed by atoms with Crippen LogP contribution in [0.4, 0.5) is 0 Å². The third-order valence-electron chi connectivity index (χ3n) is 1.51. The van der Waals surface area contributed by atoms with E-state index in [2.05, 4.69) is 0 Å². The molecule has 0 saturated carbocycles. The molecular formula is C9H16O4. The minimum Gasteiger partial charge on any atom is -0.481 e. The lowest BCUT2D eigenvalue weighted by Crippen LogP contribution is -2.06. The molecule has 1 N–H and O–H groups in total. The van der Waals surface area contributed by atoms with Crippen molar-refractivity contribution in [2.75, 3.05) is 0 Å². The normalized spacial score (nSPS) is 10.7. The van der Waals surface area contributed by atoms with Gasteiger partial charge in [-0.2, -0.15) is 0 Å². The summed E-state index contributed by atoms with van der Waals surface area (Å²) in [6.07, 6.45) is 1.37. The van der Waals surface area contributed by atoms with Crippen LogP contribution < -0.4 is 0 Å². The summed E-state index contributed by atoms with van der Waals surface area (Å²) in [5.41, 5.74) is 0. The minimum atomic E-state index is -0.706. The monoisotopic (exact) mass is 188 g/mol. The maximum absolute atomic E-state index is 9.93. The largest absolute Gasteiger partial charge is 0.481 e. The first kappa shape index (κ1) is 14.3. The molecule has 0 bridgehead atoms. The van der Waals surface area contributed by atoms with Gasteiger partial charge in [0, 0.05) is 6.42 Å². The Morgan fingerprint density at radius 1 is 1.38 bits per heavy atom. The van der Waals surface area contributed by atoms with Gasteiger partial charge in [-0.3, -0.25) is 14.4 Å². The Bertz CT molecular complexity index is 174. The van der Waals surface area contributed by atoms with Gasteiger partial charge in [-0.25, -0.2) is 0 Å². The molecule has 0 radical (unpaired) electrons. The fraction of sp³-hybridized carbons (Fsp3) is 0.667. The molecule has 0 saturated heterocycles. The molecule has 0 aromatic rings. The molecule has 0 spiro atoms. The molecule has 0 aromatic heterocycles. The zero-order valence-corrected chi connectivity index (χ0v) is 8.24. The summed E-state index contributed by atoms with van der Waals surface area (Å²) in [5, 5.41) is 8.18. The molecule has 0 rings (SSSR count). The zero-order valence-electron chi connectivity index (χ0n) is 8.24. The van der Waals surface area contributed by atoms with E-state index in [1.54, 1.807) is 13.8 Å². The lowest BCUT2D eigenvalue weighted by atomic mass is 10.1. The Balaban J connectivity index is 0. The fourth-order valence-electron chi connectivity index (χ4n) is 0.258. The molecular weight excluding hydrogens is 172 g/mol. The Labute approximate surface area is 77.9 Å². The Morgan fingerprint density at radius 3 is 1.85 bits per heavy atom. The summed E-state index contributed by atoms with van der Waals surface area (Å²) in [6, 6.07) is 0. The van der Waals surface area contributed by atoms with Crippen molar-refractivity contribution in [3.63, 3.8) is 0 Å². The van der Waals surface area contributed by atoms with Gasteiger partial charge in [-0.05, 0) is 6.42 Å². The summed E-state index contributed by atoms with van der Waals surface area (Å²) in [4.78, 5) is 29.1. The van der Waals surface area contributed by atoms with Crippen molar-refractivity contribution in [3.05, 3.63) is 0 Å². The van der Waals surface area contributed by atoms with Crippen molar-refractivity contribution in [2.24, 2.45) is 5.92 Å². The highest BCUT2D eigenvalue weighted by molar-refractivity contribution is 6.24. The lowest BCUT2D eigenvalue weighted by Gasteiger charge is -1.96. The number of hydrogen-bond donors (Lipinski definition) is 1. The van der Waals surface area contributed by atoms with Crippen LogP contribution in [0.3, 0.4) is 0 Å². The molecule has 0 heterocycles. The molecule has 0 aromatic carbocycles. The molecule has 0 fully saturated rings. The molecule has 4 nitrogen and oxygen atoms in total. The first-order valence-electron chi connectivity index (χ1n) is 4.20. The van der Waals surface area contributed by atoms with Crippen molar-refractivity contribution in [1.82, 2.24) is 0 Å². The fourth-order valence-corrected chi connectivity index (χ4v) is 0.258. The van der Waals surface area contributed by atoms with Crippen LogP contribution in [0.1, 0.15) is 33.6 Å². The summed E-state index contributed by atoms with van der Waals surface area (Å²) in [5.74, 6) is -1.22. The standard InChI is InChI=1S/C5H10O2.C4H6O2/c1-3-4(2)5(6)7;1-2-4(6)3-5/h4H,3H2,1-2H3,(H,6,7);3H,2H2,1H3. The molecule has 0 aliphatic carbocycles. The van der Waals surface area contributed by atoms with Crippen molar-refractivity contribution < 1.29 is 19.5 Å². The number of carboxylic acid groups (broad SMARTS) is 1. The predicted octanol–water partition coefficient (Wildman–Crippen LogP) is 1.28. The Morgan fingerprint density at radius 2 is 1.85 bits per heavy atom. The van der Waals surface area contributed by atoms with Crippen LogP contribution in [0.5, 0.6) is 0 Å². The van der Waals surface area contributed by atoms with Gasteiger partial charge in [0.1, 0.15) is 0 Å². The van der Waals surface area contributed by atoms with Gasteiger partial charge in [0.25, 0.3) is 0 Å². The van der Waals surface area contributed by atoms with Gasteiger partial charge in [-0.15, -0.1) is 0 Å². The number of carbonyl (C=O) groups is 3. The second kappa shape index (κ2) is 8.90. The number of aldehydes is 1. The van der Waals surface area contributed by atoms with Gasteiger partial charge >= 0.3 is 5.97 Å². The van der Waals surface area contributed by atoms with Crippen molar-refractivity contribution >= 4 is 18.0 Å². The number of carboxylic acids is 1. The van der Waals surface area contributed by atoms with Crippen LogP contribution in [0.25, 0.3) is 0 Å². The SMILES string of the molecule is CCC(=O)C=O.CCC(C)C(=O)O. The van der Waals surface area contributed by atoms with E-state index in [1.165, 1.54) is 0 Å². The average molecular weight is 188 g/mol. The van der Waals surface area contributed by atoms with Gasteiger partial charge in [-0.1, -0.05) is 20.8 Å². The molecule has 13 heavy (non-hydrogen) atoms. The minimum absolute atomic E-state index is 0.181. The summed E-state index contributed by atoms with van der Waals surface area (Å²) < 4.78 is 0. The third-order valence-corrected chi connectivity index (χ3v) is 1.51. The van der Waals surface area contributed by atoms with E-state index >= 15 is 0 Å². The van der Waals surface area contributed by atoms with E-state index in [9.17, 15) is 14.4 Å². The first-order chi connectivity index (χ1) is 5.99. The first-order valence-corrected chi connectivity index (χ1v) is 4.20. The molecule has 0 aliphatic heterocycles. The Hall–Kier alpha value is -1.19. The van der Waals surface area contributed by atoms with E-state index < -0.39 is 5.97 Å². The molecule has 1 unspecified atom stereocenters. The highest BCUT2D eigenvalue weighted by Crippen LogP contribution is 1.97. The maximum Gasteiger partial charge on any atom is 0.306 e. The summed E-state index contributed by atoms with van der Waals surface area (Å²) in [7, 11) is 0. The second-order valence-corrected chi connectivity index (χ2v) is 2.59. The van der Waals surface area contributed by atoms with Gasteiger partial charge < -0.3 is 5.11 Å². The van der Waals surface area contributed by atoms with E-state index in [-0.39, 0.29) is 11.7 Å². The topological polar surface area (TPSA) is 71.4 Å². The predicted molar refractivity (Wildman–Crippen MR) is 48.5 cm³/mol. The van der Waals surface area contributed by atoms with Crippen LogP contribution in [0.2, 0.25) is 0 Å². The lowest BCUT2D eigenvalue weighted by molar-refractivity contribution is -0.141. The molecule has 76 valence electrons. The second-order valence-electron chi connectivity index (χ2n) is 2.59. The van der Waals surface area contributed by atoms with E-state index in [0.29, 0.717) is 12.7 Å². The number of aliphatic carboxylic acids is 1. The van der Waals surface area contributed by atoms with Gasteiger partial charge in [0.15, 0.2) is 12.1 Å². The zero-order chi connectivity index (χ0) is 10.9. The number of ketones is 1. The summed E-state index contributed by atoms with van der Waals surface area (Å²) in [6.45, 7) is 5.21. The molecule has 1 atom stereocenters. The Kier molecular flexibility index (Phi) is 9.82. The van der Waals surface area contributed by atoms with E-state index in [1.807, 2.05) is 6.92 Å². The molecule has 0 amide bonds. The van der Waals surface area contributed by atoms with Crippen LogP contribution in [-0.4, -0.2) is 23.1 Å². The smallest absolute Gasteiger partial charge is 0.306 e. The molecule has 4 heteroatoms. The van der Waals surface area contributed by atoms with Crippen LogP contribution in [-0.2, 0) is 14.4 Å². The number of rotatable bonds is 4. The van der Waals surface area contributed by atoms with Crippen molar-refractivity contribution in [2.45, 2.75) is 33.6 Å². The number of Topliss-reactive ketones (excluding diaryl/α,β-unsaturated/α-hetero) is 1. The average Bonchev–Trinajstić information content (AvgIpc) is 2.16. The summed E-state index contributed by atoms with van der Waals surface area (Å²) >= 11 is 0. The molecule has 0 aliphatic rings. The van der Waals surface area contributed by atoms with Gasteiger partial charge in [0.05, 0.1) is 5.92 Å². The third kappa shape index (κ3) is 10.8. The van der Waals surface area contributed by atoms with Crippen LogP contribution in [0, 0.1) is 5.92 Å². The van der Waals surface area contributed by atoms with Gasteiger partial charge in [0.2, 0.25) is 0 Å². The van der Waals surface area contributed by atoms with Crippen LogP contribution in [0.15, 0.2) is 0 Å².